The van der Waals surface area contributed by atoms with Crippen LogP contribution in [0.25, 0.3) is 17.0 Å². The SMILES string of the molecule is COc1ccc(/C=C/C(=O)c2cc(OC)c(OC)c(OC)c2)cc1OC(=O)c1cccc(Cn2cc(CCOC(=O)CCC(=O)n3cc(C4CC(=O)NC4=O)c4cc(F)ccc43)nn2)c1. The van der Waals surface area contributed by atoms with Crippen molar-refractivity contribution < 1.29 is 61.6 Å². The second kappa shape index (κ2) is 19.9. The van der Waals surface area contributed by atoms with Crippen LogP contribution in [0.2, 0.25) is 0 Å². The Balaban J connectivity index is 0.909. The van der Waals surface area contributed by atoms with Crippen molar-refractivity contribution in [3.63, 3.8) is 0 Å². The lowest BCUT2D eigenvalue weighted by Gasteiger charge is -2.13. The number of fused-ring (bicyclic) bond motifs is 1. The normalized spacial score (nSPS) is 13.5. The molecule has 0 spiro atoms. The van der Waals surface area contributed by atoms with Gasteiger partial charge in [-0.25, -0.2) is 13.9 Å². The van der Waals surface area contributed by atoms with Crippen LogP contribution in [0.1, 0.15) is 73.1 Å². The van der Waals surface area contributed by atoms with Crippen LogP contribution in [0, 0.1) is 5.82 Å². The van der Waals surface area contributed by atoms with Gasteiger partial charge in [-0.2, -0.15) is 0 Å². The van der Waals surface area contributed by atoms with E-state index in [-0.39, 0.29) is 55.9 Å². The molecule has 0 aliphatic carbocycles. The molecule has 1 fully saturated rings. The van der Waals surface area contributed by atoms with E-state index in [1.165, 1.54) is 63.5 Å². The molecule has 1 aliphatic rings. The number of nitrogens with one attached hydrogen (secondary N) is 1. The number of hydrogen-bond acceptors (Lipinski definition) is 14. The van der Waals surface area contributed by atoms with Crippen molar-refractivity contribution in [2.24, 2.45) is 0 Å². The number of carbonyl (C=O) groups is 6. The topological polar surface area (TPSA) is 205 Å². The summed E-state index contributed by atoms with van der Waals surface area (Å²) in [5.74, 6) is -3.04. The number of amides is 2. The largest absolute Gasteiger partial charge is 0.493 e. The smallest absolute Gasteiger partial charge is 0.343 e. The number of ether oxygens (including phenoxy) is 6. The van der Waals surface area contributed by atoms with Crippen molar-refractivity contribution in [3.05, 3.63) is 131 Å². The van der Waals surface area contributed by atoms with Crippen LogP contribution in [-0.2, 0) is 32.1 Å². The Morgan fingerprint density at radius 1 is 0.831 bits per heavy atom. The van der Waals surface area contributed by atoms with E-state index in [4.69, 9.17) is 28.4 Å². The van der Waals surface area contributed by atoms with Crippen LogP contribution < -0.4 is 29.0 Å². The van der Waals surface area contributed by atoms with Crippen molar-refractivity contribution >= 4 is 52.4 Å². The Hall–Kier alpha value is -8.15. The van der Waals surface area contributed by atoms with Crippen molar-refractivity contribution in [2.45, 2.75) is 38.1 Å². The van der Waals surface area contributed by atoms with Crippen LogP contribution in [-0.4, -0.2) is 90.1 Å². The number of allylic oxidation sites excluding steroid dienone is 1. The summed E-state index contributed by atoms with van der Waals surface area (Å²) in [5.41, 5.74) is 3.06. The first kappa shape index (κ1) is 44.9. The zero-order chi connectivity index (χ0) is 46.2. The molecule has 1 N–H and O–H groups in total. The van der Waals surface area contributed by atoms with Crippen LogP contribution >= 0.6 is 0 Å². The maximum Gasteiger partial charge on any atom is 0.343 e. The first-order valence-corrected chi connectivity index (χ1v) is 20.1. The lowest BCUT2D eigenvalue weighted by atomic mass is 9.97. The molecule has 3 heterocycles. The fraction of sp³-hybridized carbons (Fsp3) is 0.234. The molecule has 18 heteroatoms. The van der Waals surface area contributed by atoms with Gasteiger partial charge in [0.2, 0.25) is 23.5 Å². The number of aromatic nitrogens is 4. The Bertz CT molecular complexity index is 2840. The Kier molecular flexibility index (Phi) is 13.8. The number of ketones is 1. The van der Waals surface area contributed by atoms with Gasteiger partial charge >= 0.3 is 11.9 Å². The van der Waals surface area contributed by atoms with E-state index >= 15 is 0 Å². The van der Waals surface area contributed by atoms with Gasteiger partial charge in [0.25, 0.3) is 0 Å². The highest BCUT2D eigenvalue weighted by atomic mass is 19.1. The first-order valence-electron chi connectivity index (χ1n) is 20.1. The number of rotatable bonds is 18. The molecule has 0 saturated carbocycles. The lowest BCUT2D eigenvalue weighted by Crippen LogP contribution is -2.21. The minimum atomic E-state index is -0.862. The van der Waals surface area contributed by atoms with Gasteiger partial charge in [0, 0.05) is 42.6 Å². The third kappa shape index (κ3) is 10.4. The van der Waals surface area contributed by atoms with Crippen molar-refractivity contribution in [3.8, 4) is 28.7 Å². The van der Waals surface area contributed by atoms with E-state index in [1.54, 1.807) is 71.6 Å². The molecule has 1 saturated heterocycles. The molecule has 1 unspecified atom stereocenters. The number of benzene rings is 4. The number of imide groups is 1. The van der Waals surface area contributed by atoms with Crippen LogP contribution in [0.15, 0.2) is 91.3 Å². The predicted octanol–water partition coefficient (Wildman–Crippen LogP) is 5.91. The van der Waals surface area contributed by atoms with Crippen LogP contribution in [0.4, 0.5) is 4.39 Å². The molecule has 0 radical (unpaired) electrons. The van der Waals surface area contributed by atoms with E-state index in [1.807, 2.05) is 0 Å². The molecule has 1 atom stereocenters. The zero-order valence-corrected chi connectivity index (χ0v) is 35.6. The summed E-state index contributed by atoms with van der Waals surface area (Å²) >= 11 is 0. The van der Waals surface area contributed by atoms with E-state index in [9.17, 15) is 33.2 Å². The van der Waals surface area contributed by atoms with E-state index < -0.39 is 41.4 Å². The van der Waals surface area contributed by atoms with Gasteiger partial charge in [0.05, 0.1) is 70.7 Å². The van der Waals surface area contributed by atoms with Crippen LogP contribution in [0.3, 0.4) is 0 Å². The summed E-state index contributed by atoms with van der Waals surface area (Å²) in [6.07, 6.45) is 5.69. The standard InChI is InChI=1S/C47H42FN5O12/c1-60-38-13-9-27(8-12-37(54)30-20-40(61-2)45(63-4)41(21-30)62-3)19-39(38)65-47(59)29-7-5-6-28(18-29)24-52-25-32(50-51-52)16-17-64-44(57)15-14-43(56)53-26-35(34-23-42(55)49-46(34)58)33-22-31(48)10-11-36(33)53/h5-13,18-22,25-26,34H,14-17,23-24H2,1-4H3,(H,49,55,58)/b12-8+. The quantitative estimate of drug-likeness (QED) is 0.0351. The maximum atomic E-state index is 14.1. The van der Waals surface area contributed by atoms with Gasteiger partial charge < -0.3 is 28.4 Å². The van der Waals surface area contributed by atoms with E-state index in [0.29, 0.717) is 61.8 Å². The lowest BCUT2D eigenvalue weighted by molar-refractivity contribution is -0.143. The predicted molar refractivity (Wildman–Crippen MR) is 230 cm³/mol. The zero-order valence-electron chi connectivity index (χ0n) is 35.6. The molecule has 334 valence electrons. The molecule has 17 nitrogen and oxygen atoms in total. The fourth-order valence-electron chi connectivity index (χ4n) is 7.23. The highest BCUT2D eigenvalue weighted by Gasteiger charge is 2.34. The van der Waals surface area contributed by atoms with Gasteiger partial charge in [-0.3, -0.25) is 33.9 Å². The molecule has 65 heavy (non-hydrogen) atoms. The van der Waals surface area contributed by atoms with Gasteiger partial charge in [-0.1, -0.05) is 29.5 Å². The summed E-state index contributed by atoms with van der Waals surface area (Å²) in [4.78, 5) is 76.5. The number of halogens is 1. The molecular formula is C47H42FN5O12. The molecule has 7 rings (SSSR count). The first-order chi connectivity index (χ1) is 31.4. The van der Waals surface area contributed by atoms with Crippen molar-refractivity contribution in [1.29, 1.82) is 0 Å². The molecule has 6 aromatic rings. The number of nitrogens with zero attached hydrogens (tertiary/aromatic N) is 4. The summed E-state index contributed by atoms with van der Waals surface area (Å²) in [6.45, 7) is 0.224. The number of methoxy groups -OCH3 is 4. The number of carbonyl (C=O) groups excluding carboxylic acids is 6. The molecule has 4 aromatic carbocycles. The summed E-state index contributed by atoms with van der Waals surface area (Å²) < 4.78 is 49.5. The van der Waals surface area contributed by atoms with Gasteiger partial charge in [0.1, 0.15) is 5.82 Å². The summed E-state index contributed by atoms with van der Waals surface area (Å²) in [5, 5.41) is 10.9. The molecule has 2 amide bonds. The Morgan fingerprint density at radius 3 is 2.31 bits per heavy atom. The molecular weight excluding hydrogens is 846 g/mol. The third-order valence-corrected chi connectivity index (χ3v) is 10.4. The number of esters is 2. The van der Waals surface area contributed by atoms with Gasteiger partial charge in [-0.15, -0.1) is 5.10 Å². The Morgan fingerprint density at radius 2 is 1.60 bits per heavy atom. The molecule has 2 aromatic heterocycles. The average Bonchev–Trinajstić information content (AvgIpc) is 4.02. The van der Waals surface area contributed by atoms with Crippen molar-refractivity contribution in [1.82, 2.24) is 24.9 Å². The second-order valence-electron chi connectivity index (χ2n) is 14.7. The highest BCUT2D eigenvalue weighted by Crippen LogP contribution is 2.39. The highest BCUT2D eigenvalue weighted by molar-refractivity contribution is 6.09. The number of hydrogen-bond donors (Lipinski definition) is 1. The van der Waals surface area contributed by atoms with Crippen LogP contribution in [0.5, 0.6) is 28.7 Å². The van der Waals surface area contributed by atoms with E-state index in [0.717, 1.165) is 0 Å². The Labute approximate surface area is 370 Å². The van der Waals surface area contributed by atoms with Gasteiger partial charge in [0.15, 0.2) is 28.8 Å². The molecule has 1 aliphatic heterocycles. The van der Waals surface area contributed by atoms with Crippen molar-refractivity contribution in [2.75, 3.05) is 35.0 Å². The molecule has 0 bridgehead atoms. The average molecular weight is 888 g/mol. The maximum absolute atomic E-state index is 14.1. The summed E-state index contributed by atoms with van der Waals surface area (Å²) in [7, 11) is 5.83. The fourth-order valence-corrected chi connectivity index (χ4v) is 7.23. The second-order valence-corrected chi connectivity index (χ2v) is 14.7. The minimum Gasteiger partial charge on any atom is -0.493 e. The monoisotopic (exact) mass is 887 g/mol. The van der Waals surface area contributed by atoms with E-state index in [2.05, 4.69) is 15.6 Å². The summed E-state index contributed by atoms with van der Waals surface area (Å²) in [6, 6.07) is 18.5. The minimum absolute atomic E-state index is 0.0301. The van der Waals surface area contributed by atoms with Gasteiger partial charge in [-0.05, 0) is 77.4 Å². The third-order valence-electron chi connectivity index (χ3n) is 10.4.